The Labute approximate surface area is 225 Å². The molecule has 1 aromatic carbocycles. The van der Waals surface area contributed by atoms with Crippen molar-refractivity contribution in [2.45, 2.75) is 70.3 Å². The fourth-order valence-electron chi connectivity index (χ4n) is 8.13. The molecule has 0 bridgehead atoms. The Bertz CT molecular complexity index is 1180. The minimum Gasteiger partial charge on any atom is -0.451 e. The molecule has 4 aliphatic rings. The summed E-state index contributed by atoms with van der Waals surface area (Å²) in [7, 11) is 4.09. The minimum absolute atomic E-state index is 0.0534. The molecule has 0 aliphatic heterocycles. The predicted molar refractivity (Wildman–Crippen MR) is 149 cm³/mol. The first-order chi connectivity index (χ1) is 17.6. The van der Waals surface area contributed by atoms with E-state index in [2.05, 4.69) is 36.1 Å². The van der Waals surface area contributed by atoms with Crippen molar-refractivity contribution in [3.8, 4) is 0 Å². The van der Waals surface area contributed by atoms with E-state index in [4.69, 9.17) is 4.74 Å². The van der Waals surface area contributed by atoms with Gasteiger partial charge in [-0.25, -0.2) is 0 Å². The Morgan fingerprint density at radius 3 is 2.49 bits per heavy atom. The van der Waals surface area contributed by atoms with Gasteiger partial charge < -0.3 is 9.64 Å². The molecule has 0 heterocycles. The molecule has 3 unspecified atom stereocenters. The van der Waals surface area contributed by atoms with E-state index in [1.807, 2.05) is 26.4 Å². The van der Waals surface area contributed by atoms with E-state index in [0.717, 1.165) is 37.8 Å². The molecule has 0 aromatic heterocycles. The maximum absolute atomic E-state index is 13.8. The molecule has 37 heavy (non-hydrogen) atoms. The minimum atomic E-state index is -1.08. The average Bonchev–Trinajstić information content (AvgIpc) is 3.15. The summed E-state index contributed by atoms with van der Waals surface area (Å²) in [4.78, 5) is 40.6. The van der Waals surface area contributed by atoms with E-state index < -0.39 is 11.0 Å². The van der Waals surface area contributed by atoms with E-state index in [1.165, 1.54) is 41.0 Å². The molecule has 0 radical (unpaired) electrons. The van der Waals surface area contributed by atoms with Crippen LogP contribution >= 0.6 is 11.8 Å². The number of fused-ring (bicyclic) bond motifs is 4. The maximum Gasteiger partial charge on any atom is 0.303 e. The summed E-state index contributed by atoms with van der Waals surface area (Å²) in [6, 6.07) is 8.79. The largest absolute Gasteiger partial charge is 0.451 e. The van der Waals surface area contributed by atoms with Crippen molar-refractivity contribution in [1.29, 1.82) is 0 Å². The average molecular weight is 522 g/mol. The van der Waals surface area contributed by atoms with E-state index in [1.54, 1.807) is 0 Å². The van der Waals surface area contributed by atoms with Crippen LogP contribution in [0.25, 0.3) is 0 Å². The van der Waals surface area contributed by atoms with Crippen molar-refractivity contribution in [2.24, 2.45) is 17.3 Å². The molecule has 0 amide bonds. The number of hydrogen-bond acceptors (Lipinski definition) is 6. The highest BCUT2D eigenvalue weighted by Gasteiger charge is 2.67. The summed E-state index contributed by atoms with van der Waals surface area (Å²) in [5, 5.41) is 0. The van der Waals surface area contributed by atoms with Crippen molar-refractivity contribution >= 4 is 35.0 Å². The number of carbonyl (C=O) groups excluding carboxylic acids is 3. The van der Waals surface area contributed by atoms with Crippen LogP contribution < -0.4 is 4.90 Å². The number of Topliss-reactive ketones (excluding diaryl/α,β-unsaturated/α-hetero) is 1. The molecule has 4 aliphatic carbocycles. The van der Waals surface area contributed by atoms with Crippen LogP contribution in [0.15, 0.2) is 47.1 Å². The fraction of sp³-hybridized carbons (Fsp3) is 0.581. The molecule has 5 atom stereocenters. The van der Waals surface area contributed by atoms with E-state index in [-0.39, 0.29) is 29.4 Å². The van der Waals surface area contributed by atoms with Gasteiger partial charge in [-0.2, -0.15) is 11.8 Å². The summed E-state index contributed by atoms with van der Waals surface area (Å²) in [5.74, 6) is 1.01. The summed E-state index contributed by atoms with van der Waals surface area (Å²) in [5.41, 5.74) is 4.97. The third-order valence-corrected chi connectivity index (χ3v) is 10.3. The summed E-state index contributed by atoms with van der Waals surface area (Å²) in [6.45, 7) is 3.67. The smallest absolute Gasteiger partial charge is 0.303 e. The van der Waals surface area contributed by atoms with Crippen LogP contribution in [-0.2, 0) is 19.1 Å². The predicted octanol–water partition coefficient (Wildman–Crippen LogP) is 5.89. The molecular weight excluding hydrogens is 482 g/mol. The Balaban J connectivity index is 1.68. The van der Waals surface area contributed by atoms with Crippen LogP contribution in [0.4, 0.5) is 5.69 Å². The number of thioether (sulfide) groups is 1. The van der Waals surface area contributed by atoms with Crippen LogP contribution in [0.3, 0.4) is 0 Å². The first-order valence-corrected chi connectivity index (χ1v) is 15.0. The molecule has 0 spiro atoms. The van der Waals surface area contributed by atoms with Gasteiger partial charge in [0.25, 0.3) is 0 Å². The third kappa shape index (κ3) is 4.20. The number of carbonyl (C=O) groups is 3. The lowest BCUT2D eigenvalue weighted by Crippen LogP contribution is -2.58. The number of hydrogen-bond donors (Lipinski definition) is 0. The molecule has 2 fully saturated rings. The molecule has 1 aromatic rings. The molecule has 0 saturated heterocycles. The van der Waals surface area contributed by atoms with Crippen molar-refractivity contribution in [3.05, 3.63) is 52.6 Å². The first kappa shape index (κ1) is 26.3. The SMILES string of the molecule is CSCC(=O)[C@@]1(OC(C)=O)CCC2C3CCC4=CC(=O)CCC4=C3C(c3ccc(N(C)C)cc3)C[C@@]21C. The quantitative estimate of drug-likeness (QED) is 0.435. The Morgan fingerprint density at radius 1 is 1.11 bits per heavy atom. The van der Waals surface area contributed by atoms with Gasteiger partial charge in [-0.05, 0) is 91.5 Å². The maximum atomic E-state index is 13.8. The van der Waals surface area contributed by atoms with Crippen LogP contribution in [-0.4, -0.2) is 49.2 Å². The Kier molecular flexibility index (Phi) is 6.93. The highest BCUT2D eigenvalue weighted by Crippen LogP contribution is 2.68. The zero-order chi connectivity index (χ0) is 26.5. The number of nitrogens with zero attached hydrogens (tertiary/aromatic N) is 1. The topological polar surface area (TPSA) is 63.7 Å². The molecule has 6 heteroatoms. The van der Waals surface area contributed by atoms with Crippen molar-refractivity contribution in [1.82, 2.24) is 0 Å². The van der Waals surface area contributed by atoms with Gasteiger partial charge in [0, 0.05) is 44.5 Å². The lowest BCUT2D eigenvalue weighted by molar-refractivity contribution is -0.182. The third-order valence-electron chi connectivity index (χ3n) is 9.71. The van der Waals surface area contributed by atoms with E-state index in [9.17, 15) is 14.4 Å². The Morgan fingerprint density at radius 2 is 1.84 bits per heavy atom. The molecular formula is C31H39NO4S. The van der Waals surface area contributed by atoms with Crippen molar-refractivity contribution in [3.63, 3.8) is 0 Å². The number of rotatable bonds is 6. The monoisotopic (exact) mass is 521 g/mol. The lowest BCUT2D eigenvalue weighted by atomic mass is 9.50. The highest BCUT2D eigenvalue weighted by molar-refractivity contribution is 7.99. The van der Waals surface area contributed by atoms with E-state index in [0.29, 0.717) is 24.5 Å². The normalized spacial score (nSPS) is 32.7. The van der Waals surface area contributed by atoms with Crippen molar-refractivity contribution < 1.29 is 19.1 Å². The number of esters is 1. The number of anilines is 1. The lowest BCUT2D eigenvalue weighted by Gasteiger charge is -2.55. The number of benzene rings is 1. The second-order valence-corrected chi connectivity index (χ2v) is 12.7. The van der Waals surface area contributed by atoms with Gasteiger partial charge in [-0.15, -0.1) is 0 Å². The molecule has 5 nitrogen and oxygen atoms in total. The molecule has 5 rings (SSSR count). The molecule has 198 valence electrons. The number of ketones is 2. The Hall–Kier alpha value is -2.34. The van der Waals surface area contributed by atoms with Gasteiger partial charge in [-0.3, -0.25) is 14.4 Å². The second kappa shape index (κ2) is 9.76. The van der Waals surface area contributed by atoms with Crippen LogP contribution in [0.2, 0.25) is 0 Å². The summed E-state index contributed by atoms with van der Waals surface area (Å²) in [6.07, 6.45) is 9.36. The fourth-order valence-corrected chi connectivity index (χ4v) is 8.62. The van der Waals surface area contributed by atoms with Crippen LogP contribution in [0.5, 0.6) is 0 Å². The summed E-state index contributed by atoms with van der Waals surface area (Å²) < 4.78 is 6.14. The highest BCUT2D eigenvalue weighted by atomic mass is 32.2. The van der Waals surface area contributed by atoms with Crippen molar-refractivity contribution in [2.75, 3.05) is 31.0 Å². The van der Waals surface area contributed by atoms with Gasteiger partial charge in [0.2, 0.25) is 0 Å². The second-order valence-electron chi connectivity index (χ2n) is 11.8. The summed E-state index contributed by atoms with van der Waals surface area (Å²) >= 11 is 1.51. The van der Waals surface area contributed by atoms with Gasteiger partial charge in [0.05, 0.1) is 5.75 Å². The number of allylic oxidation sites excluding steroid dienone is 4. The molecule has 2 saturated carbocycles. The van der Waals surface area contributed by atoms with Crippen LogP contribution in [0.1, 0.15) is 70.3 Å². The molecule has 0 N–H and O–H groups in total. The van der Waals surface area contributed by atoms with Crippen LogP contribution in [0, 0.1) is 17.3 Å². The zero-order valence-electron chi connectivity index (χ0n) is 22.8. The van der Waals surface area contributed by atoms with Gasteiger partial charge in [-0.1, -0.05) is 24.6 Å². The first-order valence-electron chi connectivity index (χ1n) is 13.6. The van der Waals surface area contributed by atoms with Gasteiger partial charge in [0.15, 0.2) is 17.2 Å². The van der Waals surface area contributed by atoms with E-state index >= 15 is 0 Å². The zero-order valence-corrected chi connectivity index (χ0v) is 23.6. The number of ether oxygens (including phenoxy) is 1. The van der Waals surface area contributed by atoms with Gasteiger partial charge in [0.1, 0.15) is 0 Å². The van der Waals surface area contributed by atoms with Gasteiger partial charge >= 0.3 is 5.97 Å². The standard InChI is InChI=1S/C31H39NO4S/c1-19(33)36-31(28(35)18-37-5)15-14-27-25-12-8-21-16-23(34)11-13-24(21)29(25)26(17-30(27,31)2)20-6-9-22(10-7-20)32(3)4/h6-7,9-10,16,25-27H,8,11-15,17-18H2,1-5H3/t25?,26?,27?,30-,31-/m0/s1.